The van der Waals surface area contributed by atoms with Crippen molar-refractivity contribution >= 4 is 28.6 Å². The van der Waals surface area contributed by atoms with E-state index >= 15 is 0 Å². The van der Waals surface area contributed by atoms with Crippen LogP contribution in [0.5, 0.6) is 0 Å². The van der Waals surface area contributed by atoms with E-state index in [-0.39, 0.29) is 24.3 Å². The Morgan fingerprint density at radius 1 is 1.10 bits per heavy atom. The van der Waals surface area contributed by atoms with Crippen LogP contribution in [-0.4, -0.2) is 40.0 Å². The van der Waals surface area contributed by atoms with Crippen LogP contribution in [0.2, 0.25) is 0 Å². The van der Waals surface area contributed by atoms with Gasteiger partial charge >= 0.3 is 0 Å². The minimum absolute atomic E-state index is 0.0287. The van der Waals surface area contributed by atoms with Crippen LogP contribution in [0.4, 0.5) is 5.69 Å². The number of fused-ring (bicyclic) bond motifs is 1. The zero-order valence-electron chi connectivity index (χ0n) is 17.1. The number of nitrogens with zero attached hydrogens (tertiary/aromatic N) is 2. The number of aliphatic hydroxyl groups is 1. The number of aromatic nitrogens is 1. The molecule has 0 spiro atoms. The number of anilines is 1. The number of carbonyl (C=O) groups is 2. The first-order valence-electron chi connectivity index (χ1n) is 9.73. The summed E-state index contributed by atoms with van der Waals surface area (Å²) in [6.07, 6.45) is 1.23. The molecule has 154 valence electrons. The first-order chi connectivity index (χ1) is 14.3. The molecule has 0 atom stereocenters. The van der Waals surface area contributed by atoms with Gasteiger partial charge in [-0.3, -0.25) is 14.5 Å². The maximum Gasteiger partial charge on any atom is 0.277 e. The third-order valence-electron chi connectivity index (χ3n) is 5.00. The summed E-state index contributed by atoms with van der Waals surface area (Å²) in [4.78, 5) is 29.7. The minimum Gasteiger partial charge on any atom is -0.436 e. The maximum absolute atomic E-state index is 12.3. The van der Waals surface area contributed by atoms with Crippen LogP contribution in [0.25, 0.3) is 22.6 Å². The summed E-state index contributed by atoms with van der Waals surface area (Å²) in [5.74, 6) is -0.392. The zero-order chi connectivity index (χ0) is 21.5. The van der Waals surface area contributed by atoms with E-state index in [1.165, 1.54) is 11.6 Å². The number of oxazole rings is 1. The van der Waals surface area contributed by atoms with Crippen LogP contribution >= 0.6 is 0 Å². The van der Waals surface area contributed by atoms with Gasteiger partial charge in [0.2, 0.25) is 5.89 Å². The molecule has 1 aliphatic heterocycles. The number of β-amino-alcohol motifs (C(OH)–C–C–N with tert-alkyl or cyclic N) is 1. The van der Waals surface area contributed by atoms with E-state index in [2.05, 4.69) is 43.2 Å². The van der Waals surface area contributed by atoms with Crippen molar-refractivity contribution in [1.82, 2.24) is 9.88 Å². The van der Waals surface area contributed by atoms with Gasteiger partial charge in [-0.25, -0.2) is 4.98 Å². The molecule has 2 amide bonds. The normalized spacial score (nSPS) is 14.5. The summed E-state index contributed by atoms with van der Waals surface area (Å²) in [5, 5.41) is 12.0. The summed E-state index contributed by atoms with van der Waals surface area (Å²) >= 11 is 0. The number of nitrogens with one attached hydrogen (secondary N) is 1. The molecule has 4 rings (SSSR count). The lowest BCUT2D eigenvalue weighted by Crippen LogP contribution is -2.34. The molecule has 0 radical (unpaired) electrons. The van der Waals surface area contributed by atoms with E-state index < -0.39 is 11.8 Å². The third kappa shape index (κ3) is 3.71. The highest BCUT2D eigenvalue weighted by molar-refractivity contribution is 6.17. The first kappa shape index (κ1) is 19.8. The lowest BCUT2D eigenvalue weighted by molar-refractivity contribution is -0.137. The predicted molar refractivity (Wildman–Crippen MR) is 114 cm³/mol. The SMILES string of the molecule is CC(C)(C)c1ccc(-c2nc3cc(NC4=CC(=O)N(CCO)C4=O)ccc3o2)cc1. The van der Waals surface area contributed by atoms with Gasteiger partial charge < -0.3 is 14.8 Å². The van der Waals surface area contributed by atoms with Crippen molar-refractivity contribution in [2.75, 3.05) is 18.5 Å². The summed E-state index contributed by atoms with van der Waals surface area (Å²) < 4.78 is 5.88. The van der Waals surface area contributed by atoms with Gasteiger partial charge in [-0.1, -0.05) is 32.9 Å². The Kier molecular flexibility index (Phi) is 4.91. The van der Waals surface area contributed by atoms with Gasteiger partial charge in [0.15, 0.2) is 5.58 Å². The van der Waals surface area contributed by atoms with Gasteiger partial charge in [0, 0.05) is 17.3 Å². The number of hydrogen-bond acceptors (Lipinski definition) is 6. The van der Waals surface area contributed by atoms with Gasteiger partial charge in [-0.2, -0.15) is 0 Å². The Morgan fingerprint density at radius 2 is 1.83 bits per heavy atom. The standard InChI is InChI=1S/C23H23N3O4/c1-23(2,3)15-6-4-14(5-7-15)21-25-17-12-16(8-9-19(17)30-21)24-18-13-20(28)26(10-11-27)22(18)29/h4-9,12-13,24,27H,10-11H2,1-3H3. The molecule has 30 heavy (non-hydrogen) atoms. The monoisotopic (exact) mass is 405 g/mol. The summed E-state index contributed by atoms with van der Waals surface area (Å²) in [6.45, 7) is 6.19. The molecule has 1 aliphatic rings. The van der Waals surface area contributed by atoms with Crippen LogP contribution in [0.3, 0.4) is 0 Å². The van der Waals surface area contributed by atoms with Gasteiger partial charge in [0.05, 0.1) is 13.2 Å². The van der Waals surface area contributed by atoms with E-state index in [0.717, 1.165) is 10.5 Å². The van der Waals surface area contributed by atoms with Crippen molar-refractivity contribution in [3.05, 3.63) is 59.8 Å². The third-order valence-corrected chi connectivity index (χ3v) is 5.00. The average molecular weight is 405 g/mol. The Labute approximate surface area is 174 Å². The van der Waals surface area contributed by atoms with Gasteiger partial charge in [0.25, 0.3) is 11.8 Å². The van der Waals surface area contributed by atoms with E-state index in [1.54, 1.807) is 18.2 Å². The molecule has 7 heteroatoms. The smallest absolute Gasteiger partial charge is 0.277 e. The predicted octanol–water partition coefficient (Wildman–Crippen LogP) is 3.45. The number of hydrogen-bond donors (Lipinski definition) is 2. The molecule has 2 aromatic carbocycles. The van der Waals surface area contributed by atoms with Crippen molar-refractivity contribution in [1.29, 1.82) is 0 Å². The topological polar surface area (TPSA) is 95.7 Å². The fourth-order valence-corrected chi connectivity index (χ4v) is 3.31. The molecule has 0 saturated heterocycles. The van der Waals surface area contributed by atoms with Crippen LogP contribution in [0, 0.1) is 0 Å². The van der Waals surface area contributed by atoms with Crippen LogP contribution in [0.15, 0.2) is 58.7 Å². The second-order valence-electron chi connectivity index (χ2n) is 8.23. The molecule has 0 aliphatic carbocycles. The van der Waals surface area contributed by atoms with Crippen molar-refractivity contribution in [2.45, 2.75) is 26.2 Å². The Bertz CT molecular complexity index is 1150. The molecule has 0 saturated carbocycles. The number of rotatable bonds is 5. The quantitative estimate of drug-likeness (QED) is 0.631. The molecule has 0 unspecified atom stereocenters. The summed E-state index contributed by atoms with van der Waals surface area (Å²) in [6, 6.07) is 13.4. The Balaban J connectivity index is 1.57. The summed E-state index contributed by atoms with van der Waals surface area (Å²) in [5.41, 5.74) is 4.22. The molecule has 3 aromatic rings. The maximum atomic E-state index is 12.3. The first-order valence-corrected chi connectivity index (χ1v) is 9.73. The highest BCUT2D eigenvalue weighted by Gasteiger charge is 2.30. The number of amides is 2. The van der Waals surface area contributed by atoms with Crippen molar-refractivity contribution in [2.24, 2.45) is 0 Å². The Morgan fingerprint density at radius 3 is 2.50 bits per heavy atom. The number of imide groups is 1. The number of benzene rings is 2. The van der Waals surface area contributed by atoms with Crippen molar-refractivity contribution in [3.63, 3.8) is 0 Å². The molecular weight excluding hydrogens is 382 g/mol. The number of aliphatic hydroxyl groups excluding tert-OH is 1. The molecule has 0 bridgehead atoms. The molecular formula is C23H23N3O4. The average Bonchev–Trinajstić information content (AvgIpc) is 3.24. The van der Waals surface area contributed by atoms with E-state index in [1.807, 2.05) is 12.1 Å². The minimum atomic E-state index is -0.464. The second kappa shape index (κ2) is 7.42. The van der Waals surface area contributed by atoms with Gasteiger partial charge in [-0.05, 0) is 41.3 Å². The highest BCUT2D eigenvalue weighted by Crippen LogP contribution is 2.29. The highest BCUT2D eigenvalue weighted by atomic mass is 16.3. The molecule has 1 aromatic heterocycles. The lowest BCUT2D eigenvalue weighted by Gasteiger charge is -2.18. The largest absolute Gasteiger partial charge is 0.436 e. The van der Waals surface area contributed by atoms with E-state index in [4.69, 9.17) is 9.52 Å². The van der Waals surface area contributed by atoms with Crippen LogP contribution in [-0.2, 0) is 15.0 Å². The van der Waals surface area contributed by atoms with Gasteiger partial charge in [0.1, 0.15) is 11.2 Å². The lowest BCUT2D eigenvalue weighted by atomic mass is 9.87. The van der Waals surface area contributed by atoms with Gasteiger partial charge in [-0.15, -0.1) is 0 Å². The summed E-state index contributed by atoms with van der Waals surface area (Å²) in [7, 11) is 0. The van der Waals surface area contributed by atoms with Crippen LogP contribution in [0.1, 0.15) is 26.3 Å². The molecule has 2 N–H and O–H groups in total. The van der Waals surface area contributed by atoms with Crippen molar-refractivity contribution in [3.8, 4) is 11.5 Å². The fourth-order valence-electron chi connectivity index (χ4n) is 3.31. The van der Waals surface area contributed by atoms with Crippen molar-refractivity contribution < 1.29 is 19.1 Å². The fraction of sp³-hybridized carbons (Fsp3) is 0.261. The van der Waals surface area contributed by atoms with E-state index in [9.17, 15) is 9.59 Å². The Hall–Kier alpha value is -3.45. The second-order valence-corrected chi connectivity index (χ2v) is 8.23. The van der Waals surface area contributed by atoms with E-state index in [0.29, 0.717) is 22.7 Å². The van der Waals surface area contributed by atoms with Crippen LogP contribution < -0.4 is 5.32 Å². The molecule has 2 heterocycles. The molecule has 0 fully saturated rings. The molecule has 7 nitrogen and oxygen atoms in total. The number of carbonyl (C=O) groups excluding carboxylic acids is 2. The zero-order valence-corrected chi connectivity index (χ0v) is 17.1.